The van der Waals surface area contributed by atoms with E-state index in [2.05, 4.69) is 19.2 Å². The second-order valence-corrected chi connectivity index (χ2v) is 6.72. The molecular formula is C16H27NO3. The zero-order chi connectivity index (χ0) is 14.7. The SMILES string of the molecule is C[C@@H]1[C@H](C)CCC[C@H]1NC(=O)[C@@H]1CCCC[C@@H]1C(=O)O. The van der Waals surface area contributed by atoms with E-state index < -0.39 is 11.9 Å². The van der Waals surface area contributed by atoms with E-state index in [0.717, 1.165) is 32.1 Å². The number of amides is 1. The topological polar surface area (TPSA) is 66.4 Å². The van der Waals surface area contributed by atoms with Gasteiger partial charge >= 0.3 is 5.97 Å². The Balaban J connectivity index is 1.97. The van der Waals surface area contributed by atoms with Crippen LogP contribution in [0.3, 0.4) is 0 Å². The molecule has 2 N–H and O–H groups in total. The van der Waals surface area contributed by atoms with Gasteiger partial charge in [-0.15, -0.1) is 0 Å². The standard InChI is InChI=1S/C16H27NO3/c1-10-6-5-9-14(11(10)2)17-15(18)12-7-3-4-8-13(12)16(19)20/h10-14H,3-9H2,1-2H3,(H,17,18)(H,19,20)/t10-,11-,12-,13+,14-/m1/s1. The van der Waals surface area contributed by atoms with Gasteiger partial charge < -0.3 is 10.4 Å². The van der Waals surface area contributed by atoms with Crippen LogP contribution in [0, 0.1) is 23.7 Å². The summed E-state index contributed by atoms with van der Waals surface area (Å²) in [6.45, 7) is 4.44. The monoisotopic (exact) mass is 281 g/mol. The van der Waals surface area contributed by atoms with Gasteiger partial charge in [0.2, 0.25) is 5.91 Å². The lowest BCUT2D eigenvalue weighted by Crippen LogP contribution is -2.48. The van der Waals surface area contributed by atoms with Gasteiger partial charge in [0, 0.05) is 6.04 Å². The Kier molecular flexibility index (Phi) is 5.06. The second-order valence-electron chi connectivity index (χ2n) is 6.72. The van der Waals surface area contributed by atoms with Gasteiger partial charge in [0.25, 0.3) is 0 Å². The highest BCUT2D eigenvalue weighted by atomic mass is 16.4. The highest BCUT2D eigenvalue weighted by Crippen LogP contribution is 2.33. The lowest BCUT2D eigenvalue weighted by molar-refractivity contribution is -0.149. The van der Waals surface area contributed by atoms with Gasteiger partial charge in [-0.1, -0.05) is 39.5 Å². The third kappa shape index (κ3) is 3.33. The first-order valence-corrected chi connectivity index (χ1v) is 8.04. The van der Waals surface area contributed by atoms with Gasteiger partial charge in [-0.3, -0.25) is 9.59 Å². The Bertz CT molecular complexity index is 369. The van der Waals surface area contributed by atoms with Crippen LogP contribution in [-0.2, 0) is 9.59 Å². The summed E-state index contributed by atoms with van der Waals surface area (Å²) in [5.41, 5.74) is 0. The van der Waals surface area contributed by atoms with Crippen molar-refractivity contribution in [2.75, 3.05) is 0 Å². The molecule has 0 spiro atoms. The fraction of sp³-hybridized carbons (Fsp3) is 0.875. The predicted octanol–water partition coefficient (Wildman–Crippen LogP) is 2.82. The largest absolute Gasteiger partial charge is 0.481 e. The molecule has 0 unspecified atom stereocenters. The van der Waals surface area contributed by atoms with Crippen LogP contribution >= 0.6 is 0 Å². The van der Waals surface area contributed by atoms with Gasteiger partial charge in [0.1, 0.15) is 0 Å². The molecule has 0 saturated heterocycles. The van der Waals surface area contributed by atoms with Crippen LogP contribution in [0.15, 0.2) is 0 Å². The van der Waals surface area contributed by atoms with Crippen molar-refractivity contribution in [2.45, 2.75) is 64.8 Å². The molecule has 4 heteroatoms. The van der Waals surface area contributed by atoms with E-state index in [0.29, 0.717) is 18.3 Å². The van der Waals surface area contributed by atoms with Crippen molar-refractivity contribution in [3.8, 4) is 0 Å². The highest BCUT2D eigenvalue weighted by Gasteiger charge is 2.37. The molecule has 0 radical (unpaired) electrons. The molecule has 0 heterocycles. The van der Waals surface area contributed by atoms with Crippen LogP contribution < -0.4 is 5.32 Å². The summed E-state index contributed by atoms with van der Waals surface area (Å²) in [7, 11) is 0. The maximum atomic E-state index is 12.5. The summed E-state index contributed by atoms with van der Waals surface area (Å²) < 4.78 is 0. The van der Waals surface area contributed by atoms with Crippen LogP contribution in [0.25, 0.3) is 0 Å². The summed E-state index contributed by atoms with van der Waals surface area (Å²) in [6.07, 6.45) is 6.68. The third-order valence-electron chi connectivity index (χ3n) is 5.45. The zero-order valence-corrected chi connectivity index (χ0v) is 12.6. The number of rotatable bonds is 3. The maximum Gasteiger partial charge on any atom is 0.307 e. The Hall–Kier alpha value is -1.06. The van der Waals surface area contributed by atoms with Crippen LogP contribution in [0.1, 0.15) is 58.8 Å². The fourth-order valence-electron chi connectivity index (χ4n) is 3.82. The highest BCUT2D eigenvalue weighted by molar-refractivity contribution is 5.85. The number of hydrogen-bond donors (Lipinski definition) is 2. The smallest absolute Gasteiger partial charge is 0.307 e. The van der Waals surface area contributed by atoms with Gasteiger partial charge in [-0.2, -0.15) is 0 Å². The molecule has 0 aromatic rings. The zero-order valence-electron chi connectivity index (χ0n) is 12.6. The van der Waals surface area contributed by atoms with Crippen molar-refractivity contribution in [1.82, 2.24) is 5.32 Å². The molecule has 2 saturated carbocycles. The van der Waals surface area contributed by atoms with E-state index in [-0.39, 0.29) is 17.9 Å². The fourth-order valence-corrected chi connectivity index (χ4v) is 3.82. The number of carboxylic acids is 1. The number of nitrogens with one attached hydrogen (secondary N) is 1. The Morgan fingerprint density at radius 2 is 1.60 bits per heavy atom. The van der Waals surface area contributed by atoms with Crippen LogP contribution in [0.4, 0.5) is 0 Å². The van der Waals surface area contributed by atoms with Crippen molar-refractivity contribution in [1.29, 1.82) is 0 Å². The molecule has 20 heavy (non-hydrogen) atoms. The van der Waals surface area contributed by atoms with Gasteiger partial charge in [-0.05, 0) is 31.1 Å². The van der Waals surface area contributed by atoms with Crippen molar-refractivity contribution in [2.24, 2.45) is 23.7 Å². The minimum atomic E-state index is -0.810. The number of carbonyl (C=O) groups excluding carboxylic acids is 1. The minimum Gasteiger partial charge on any atom is -0.481 e. The summed E-state index contributed by atoms with van der Waals surface area (Å²) >= 11 is 0. The molecule has 5 atom stereocenters. The average Bonchev–Trinajstić information content (AvgIpc) is 2.43. The summed E-state index contributed by atoms with van der Waals surface area (Å²) in [4.78, 5) is 23.8. The predicted molar refractivity (Wildman–Crippen MR) is 77.2 cm³/mol. The average molecular weight is 281 g/mol. The summed E-state index contributed by atoms with van der Waals surface area (Å²) in [6, 6.07) is 0.225. The minimum absolute atomic E-state index is 0.0250. The lowest BCUT2D eigenvalue weighted by Gasteiger charge is -2.36. The number of hydrogen-bond acceptors (Lipinski definition) is 2. The lowest BCUT2D eigenvalue weighted by atomic mass is 9.76. The van der Waals surface area contributed by atoms with Gasteiger partial charge in [0.05, 0.1) is 11.8 Å². The first-order chi connectivity index (χ1) is 9.50. The molecular weight excluding hydrogens is 254 g/mol. The molecule has 114 valence electrons. The van der Waals surface area contributed by atoms with Crippen LogP contribution in [0.2, 0.25) is 0 Å². The molecule has 0 bridgehead atoms. The Morgan fingerprint density at radius 1 is 0.950 bits per heavy atom. The van der Waals surface area contributed by atoms with Crippen LogP contribution in [0.5, 0.6) is 0 Å². The molecule has 2 rings (SSSR count). The molecule has 0 aromatic heterocycles. The first-order valence-electron chi connectivity index (χ1n) is 8.04. The normalized spacial score (nSPS) is 38.2. The third-order valence-corrected chi connectivity index (χ3v) is 5.45. The molecule has 2 aliphatic rings. The van der Waals surface area contributed by atoms with E-state index >= 15 is 0 Å². The summed E-state index contributed by atoms with van der Waals surface area (Å²) in [5, 5.41) is 12.4. The Labute approximate surface area is 121 Å². The van der Waals surface area contributed by atoms with E-state index in [1.807, 2.05) is 0 Å². The van der Waals surface area contributed by atoms with E-state index in [1.54, 1.807) is 0 Å². The molecule has 0 aromatic carbocycles. The molecule has 4 nitrogen and oxygen atoms in total. The number of carbonyl (C=O) groups is 2. The Morgan fingerprint density at radius 3 is 2.25 bits per heavy atom. The molecule has 2 aliphatic carbocycles. The van der Waals surface area contributed by atoms with Crippen LogP contribution in [-0.4, -0.2) is 23.0 Å². The quantitative estimate of drug-likeness (QED) is 0.836. The second kappa shape index (κ2) is 6.59. The molecule has 0 aliphatic heterocycles. The number of aliphatic carboxylic acids is 1. The van der Waals surface area contributed by atoms with Gasteiger partial charge in [0.15, 0.2) is 0 Å². The van der Waals surface area contributed by atoms with Crippen molar-refractivity contribution in [3.63, 3.8) is 0 Å². The molecule has 2 fully saturated rings. The van der Waals surface area contributed by atoms with E-state index in [9.17, 15) is 14.7 Å². The molecule has 1 amide bonds. The van der Waals surface area contributed by atoms with Crippen molar-refractivity contribution < 1.29 is 14.7 Å². The van der Waals surface area contributed by atoms with Crippen molar-refractivity contribution >= 4 is 11.9 Å². The summed E-state index contributed by atoms with van der Waals surface area (Å²) in [5.74, 6) is -0.529. The number of carboxylic acid groups (broad SMARTS) is 1. The van der Waals surface area contributed by atoms with Crippen molar-refractivity contribution in [3.05, 3.63) is 0 Å². The van der Waals surface area contributed by atoms with E-state index in [1.165, 1.54) is 6.42 Å². The van der Waals surface area contributed by atoms with E-state index in [4.69, 9.17) is 0 Å². The van der Waals surface area contributed by atoms with Gasteiger partial charge in [-0.25, -0.2) is 0 Å². The maximum absolute atomic E-state index is 12.5. The first kappa shape index (κ1) is 15.3.